The van der Waals surface area contributed by atoms with Gasteiger partial charge in [0, 0.05) is 31.9 Å². The van der Waals surface area contributed by atoms with Crippen molar-refractivity contribution in [3.63, 3.8) is 0 Å². The third-order valence-corrected chi connectivity index (χ3v) is 6.66. The molecule has 0 saturated carbocycles. The number of carbonyl (C=O) groups excluding carboxylic acids is 2. The summed E-state index contributed by atoms with van der Waals surface area (Å²) < 4.78 is 16.1. The van der Waals surface area contributed by atoms with Gasteiger partial charge in [0.2, 0.25) is 5.91 Å². The van der Waals surface area contributed by atoms with Crippen LogP contribution in [-0.2, 0) is 14.3 Å². The number of methoxy groups -OCH3 is 1. The summed E-state index contributed by atoms with van der Waals surface area (Å²) in [6.07, 6.45) is -0.0120. The van der Waals surface area contributed by atoms with E-state index in [1.165, 1.54) is 4.90 Å². The third kappa shape index (κ3) is 6.13. The first-order valence-corrected chi connectivity index (χ1v) is 12.5. The smallest absolute Gasteiger partial charge is 0.256 e. The third-order valence-electron chi connectivity index (χ3n) is 6.24. The van der Waals surface area contributed by atoms with E-state index in [-0.39, 0.29) is 18.2 Å². The van der Waals surface area contributed by atoms with Gasteiger partial charge in [0.1, 0.15) is 17.5 Å². The van der Waals surface area contributed by atoms with Gasteiger partial charge in [-0.1, -0.05) is 0 Å². The molecule has 2 heterocycles. The topological polar surface area (TPSA) is 83.6 Å². The largest absolute Gasteiger partial charge is 0.497 e. The van der Waals surface area contributed by atoms with Gasteiger partial charge < -0.3 is 24.4 Å². The maximum Gasteiger partial charge on any atom is 0.256 e. The van der Waals surface area contributed by atoms with Crippen molar-refractivity contribution in [1.29, 1.82) is 0 Å². The lowest BCUT2D eigenvalue weighted by atomic mass is 10.1. The Hall–Kier alpha value is -3.21. The molecule has 0 radical (unpaired) electrons. The van der Waals surface area contributed by atoms with Crippen LogP contribution in [0.5, 0.6) is 11.5 Å². The zero-order chi connectivity index (χ0) is 25.5. The number of nitrogens with zero attached hydrogens (tertiary/aromatic N) is 3. The summed E-state index contributed by atoms with van der Waals surface area (Å²) in [7, 11) is 1.59. The summed E-state index contributed by atoms with van der Waals surface area (Å²) in [5, 5.41) is 3.29. The average molecular weight is 513 g/mol. The second-order valence-electron chi connectivity index (χ2n) is 8.53. The van der Waals surface area contributed by atoms with Crippen LogP contribution >= 0.6 is 12.2 Å². The molecule has 4 rings (SSSR count). The van der Waals surface area contributed by atoms with Gasteiger partial charge in [-0.25, -0.2) is 0 Å². The number of carbonyl (C=O) groups is 2. The first-order chi connectivity index (χ1) is 17.5. The van der Waals surface area contributed by atoms with E-state index in [1.54, 1.807) is 55.6 Å². The first kappa shape index (κ1) is 25.9. The van der Waals surface area contributed by atoms with E-state index in [0.717, 1.165) is 25.4 Å². The van der Waals surface area contributed by atoms with Gasteiger partial charge in [0.25, 0.3) is 5.91 Å². The number of benzene rings is 2. The van der Waals surface area contributed by atoms with Crippen LogP contribution in [0.1, 0.15) is 13.3 Å². The maximum absolute atomic E-state index is 13.6. The second kappa shape index (κ2) is 12.2. The minimum atomic E-state index is -0.691. The molecule has 0 aliphatic carbocycles. The molecule has 192 valence electrons. The summed E-state index contributed by atoms with van der Waals surface area (Å²) in [4.78, 5) is 32.2. The van der Waals surface area contributed by atoms with Crippen molar-refractivity contribution in [3.8, 4) is 11.5 Å². The molecule has 2 aromatic rings. The van der Waals surface area contributed by atoms with Crippen molar-refractivity contribution in [1.82, 2.24) is 9.80 Å². The van der Waals surface area contributed by atoms with E-state index in [0.29, 0.717) is 48.6 Å². The summed E-state index contributed by atoms with van der Waals surface area (Å²) in [6, 6.07) is 13.6. The highest BCUT2D eigenvalue weighted by molar-refractivity contribution is 7.80. The van der Waals surface area contributed by atoms with Crippen molar-refractivity contribution >= 4 is 40.5 Å². The highest BCUT2D eigenvalue weighted by Gasteiger charge is 2.44. The predicted octanol–water partition coefficient (Wildman–Crippen LogP) is 2.76. The molecule has 0 bridgehead atoms. The van der Waals surface area contributed by atoms with Crippen LogP contribution in [0.3, 0.4) is 0 Å². The molecule has 0 unspecified atom stereocenters. The highest BCUT2D eigenvalue weighted by Crippen LogP contribution is 2.29. The first-order valence-electron chi connectivity index (χ1n) is 12.1. The molecule has 2 saturated heterocycles. The van der Waals surface area contributed by atoms with Crippen LogP contribution in [0, 0.1) is 0 Å². The van der Waals surface area contributed by atoms with Gasteiger partial charge in [0.15, 0.2) is 5.11 Å². The van der Waals surface area contributed by atoms with Gasteiger partial charge in [0.05, 0.1) is 39.0 Å². The molecule has 0 spiro atoms. The summed E-state index contributed by atoms with van der Waals surface area (Å²) >= 11 is 5.76. The molecule has 1 atom stereocenters. The summed E-state index contributed by atoms with van der Waals surface area (Å²) in [5.74, 6) is 0.949. The van der Waals surface area contributed by atoms with Gasteiger partial charge in [-0.2, -0.15) is 0 Å². The number of morpholine rings is 1. The monoisotopic (exact) mass is 512 g/mol. The molecule has 2 aliphatic rings. The fraction of sp³-hybridized carbons (Fsp3) is 0.423. The van der Waals surface area contributed by atoms with Crippen LogP contribution in [-0.4, -0.2) is 85.9 Å². The van der Waals surface area contributed by atoms with E-state index in [1.807, 2.05) is 11.8 Å². The number of ether oxygens (including phenoxy) is 3. The number of hydrogen-bond donors (Lipinski definition) is 1. The molecule has 2 aromatic carbocycles. The van der Waals surface area contributed by atoms with E-state index in [4.69, 9.17) is 26.4 Å². The second-order valence-corrected chi connectivity index (χ2v) is 8.89. The predicted molar refractivity (Wildman–Crippen MR) is 142 cm³/mol. The molecule has 2 amide bonds. The normalized spacial score (nSPS) is 18.4. The molecule has 2 aliphatic heterocycles. The Morgan fingerprint density at radius 1 is 1.06 bits per heavy atom. The molecule has 0 aromatic heterocycles. The minimum Gasteiger partial charge on any atom is -0.497 e. The van der Waals surface area contributed by atoms with Crippen molar-refractivity contribution in [2.75, 3.05) is 63.3 Å². The standard InChI is InChI=1S/C26H32N4O5S/c1-3-35-22-8-4-19(5-9-22)27-24(31)18-23-25(32)30(20-6-10-21(33-2)11-7-20)26(36)29(23)13-12-28-14-16-34-17-15-28/h4-11,23H,3,12-18H2,1-2H3,(H,27,31)/t23-/m1/s1. The van der Waals surface area contributed by atoms with Crippen LogP contribution in [0.15, 0.2) is 48.5 Å². The number of anilines is 2. The molecule has 36 heavy (non-hydrogen) atoms. The van der Waals surface area contributed by atoms with E-state index in [2.05, 4.69) is 10.2 Å². The number of rotatable bonds is 10. The van der Waals surface area contributed by atoms with Crippen molar-refractivity contribution in [2.24, 2.45) is 0 Å². The number of amides is 2. The molecule has 9 nitrogen and oxygen atoms in total. The maximum atomic E-state index is 13.6. The van der Waals surface area contributed by atoms with Gasteiger partial charge in [-0.05, 0) is 67.7 Å². The Kier molecular flexibility index (Phi) is 8.74. The van der Waals surface area contributed by atoms with Crippen molar-refractivity contribution < 1.29 is 23.8 Å². The van der Waals surface area contributed by atoms with Crippen molar-refractivity contribution in [2.45, 2.75) is 19.4 Å². The van der Waals surface area contributed by atoms with E-state index < -0.39 is 6.04 Å². The van der Waals surface area contributed by atoms with Crippen LogP contribution in [0.2, 0.25) is 0 Å². The Labute approximate surface area is 216 Å². The van der Waals surface area contributed by atoms with Crippen LogP contribution in [0.25, 0.3) is 0 Å². The van der Waals surface area contributed by atoms with Gasteiger partial charge in [-0.3, -0.25) is 19.4 Å². The van der Waals surface area contributed by atoms with E-state index in [9.17, 15) is 9.59 Å². The summed E-state index contributed by atoms with van der Waals surface area (Å²) in [6.45, 7) is 6.80. The number of thiocarbonyl (C=S) groups is 1. The zero-order valence-electron chi connectivity index (χ0n) is 20.6. The lowest BCUT2D eigenvalue weighted by Gasteiger charge is -2.30. The Morgan fingerprint density at radius 2 is 1.72 bits per heavy atom. The molecule has 1 N–H and O–H groups in total. The van der Waals surface area contributed by atoms with Gasteiger partial charge >= 0.3 is 0 Å². The number of hydrogen-bond acceptors (Lipinski definition) is 7. The SMILES string of the molecule is CCOc1ccc(NC(=O)C[C@@H]2C(=O)N(c3ccc(OC)cc3)C(=S)N2CCN2CCOCC2)cc1. The highest BCUT2D eigenvalue weighted by atomic mass is 32.1. The van der Waals surface area contributed by atoms with Crippen LogP contribution in [0.4, 0.5) is 11.4 Å². The quantitative estimate of drug-likeness (QED) is 0.487. The molecular formula is C26H32N4O5S. The van der Waals surface area contributed by atoms with Gasteiger partial charge in [-0.15, -0.1) is 0 Å². The summed E-state index contributed by atoms with van der Waals surface area (Å²) in [5.41, 5.74) is 1.29. The molecule has 2 fully saturated rings. The van der Waals surface area contributed by atoms with Crippen LogP contribution < -0.4 is 19.7 Å². The fourth-order valence-corrected chi connectivity index (χ4v) is 4.73. The Morgan fingerprint density at radius 3 is 2.36 bits per heavy atom. The lowest BCUT2D eigenvalue weighted by Crippen LogP contribution is -2.45. The Balaban J connectivity index is 1.49. The zero-order valence-corrected chi connectivity index (χ0v) is 21.5. The average Bonchev–Trinajstić information content (AvgIpc) is 3.13. The lowest BCUT2D eigenvalue weighted by molar-refractivity contribution is -0.124. The van der Waals surface area contributed by atoms with E-state index >= 15 is 0 Å². The Bertz CT molecular complexity index is 1060. The molecular weight excluding hydrogens is 480 g/mol. The van der Waals surface area contributed by atoms with Crippen molar-refractivity contribution in [3.05, 3.63) is 48.5 Å². The minimum absolute atomic E-state index is 0.0120. The number of nitrogens with one attached hydrogen (secondary N) is 1. The fourth-order valence-electron chi connectivity index (χ4n) is 4.32. The molecule has 10 heteroatoms.